The fourth-order valence-corrected chi connectivity index (χ4v) is 5.38. The number of aromatic nitrogens is 2. The second-order valence-corrected chi connectivity index (χ2v) is 6.93. The molecule has 3 nitrogen and oxygen atoms in total. The average molecular weight is 243 g/mol. The molecule has 2 N–H and O–H groups in total. The topological polar surface area (TPSA) is 51.8 Å². The molecule has 0 radical (unpaired) electrons. The third-order valence-electron chi connectivity index (χ3n) is 5.69. The summed E-state index contributed by atoms with van der Waals surface area (Å²) in [6.45, 7) is 0. The Hall–Kier alpha value is -0.960. The Balaban J connectivity index is 1.67. The molecule has 0 aromatic carbocycles. The molecule has 4 aliphatic rings. The molecule has 1 atom stereocenters. The van der Waals surface area contributed by atoms with Crippen LogP contribution in [0.15, 0.2) is 18.7 Å². The van der Waals surface area contributed by atoms with Gasteiger partial charge >= 0.3 is 0 Å². The highest BCUT2D eigenvalue weighted by Crippen LogP contribution is 2.63. The maximum atomic E-state index is 6.61. The van der Waals surface area contributed by atoms with Gasteiger partial charge in [0.1, 0.15) is 6.33 Å². The van der Waals surface area contributed by atoms with Gasteiger partial charge in [-0.15, -0.1) is 0 Å². The quantitative estimate of drug-likeness (QED) is 0.869. The molecule has 4 bridgehead atoms. The Morgan fingerprint density at radius 1 is 1.00 bits per heavy atom. The fraction of sp³-hybridized carbons (Fsp3) is 0.733. The smallest absolute Gasteiger partial charge is 0.115 e. The van der Waals surface area contributed by atoms with Crippen LogP contribution in [0, 0.1) is 23.2 Å². The zero-order chi connectivity index (χ0) is 12.2. The van der Waals surface area contributed by atoms with Gasteiger partial charge in [0.05, 0.1) is 0 Å². The van der Waals surface area contributed by atoms with E-state index in [2.05, 4.69) is 9.97 Å². The van der Waals surface area contributed by atoms with E-state index in [-0.39, 0.29) is 6.04 Å². The molecule has 5 rings (SSSR count). The standard InChI is InChI=1S/C15H21N3/c16-14(13-7-17-9-18-8-13)15-4-10-1-11(5-15)3-12(2-10)6-15/h7-12,14H,1-6,16H2. The first-order valence-electron chi connectivity index (χ1n) is 7.26. The first-order valence-corrected chi connectivity index (χ1v) is 7.26. The van der Waals surface area contributed by atoms with Crippen molar-refractivity contribution in [3.63, 3.8) is 0 Å². The van der Waals surface area contributed by atoms with Crippen molar-refractivity contribution in [2.75, 3.05) is 0 Å². The lowest BCUT2D eigenvalue weighted by atomic mass is 9.47. The van der Waals surface area contributed by atoms with Crippen molar-refractivity contribution < 1.29 is 0 Å². The molecule has 4 saturated carbocycles. The minimum absolute atomic E-state index is 0.145. The van der Waals surface area contributed by atoms with E-state index < -0.39 is 0 Å². The van der Waals surface area contributed by atoms with E-state index >= 15 is 0 Å². The van der Waals surface area contributed by atoms with Crippen molar-refractivity contribution in [1.82, 2.24) is 9.97 Å². The van der Waals surface area contributed by atoms with Gasteiger partial charge in [0.25, 0.3) is 0 Å². The lowest BCUT2D eigenvalue weighted by Gasteiger charge is -2.58. The summed E-state index contributed by atoms with van der Waals surface area (Å²) in [6, 6.07) is 0.145. The minimum atomic E-state index is 0.145. The van der Waals surface area contributed by atoms with Crippen LogP contribution in [0.1, 0.15) is 50.1 Å². The van der Waals surface area contributed by atoms with Crippen molar-refractivity contribution in [1.29, 1.82) is 0 Å². The molecule has 3 heteroatoms. The van der Waals surface area contributed by atoms with Crippen LogP contribution in [0.2, 0.25) is 0 Å². The Bertz CT molecular complexity index is 407. The second kappa shape index (κ2) is 3.77. The van der Waals surface area contributed by atoms with Crippen molar-refractivity contribution in [2.45, 2.75) is 44.6 Å². The summed E-state index contributed by atoms with van der Waals surface area (Å²) in [7, 11) is 0. The lowest BCUT2D eigenvalue weighted by Crippen LogP contribution is -2.50. The molecule has 18 heavy (non-hydrogen) atoms. The molecular weight excluding hydrogens is 222 g/mol. The SMILES string of the molecule is NC(c1cncnc1)C12CC3CC(CC(C3)C1)C2. The maximum absolute atomic E-state index is 6.61. The molecule has 0 saturated heterocycles. The number of rotatable bonds is 2. The summed E-state index contributed by atoms with van der Waals surface area (Å²) in [6.07, 6.45) is 13.9. The first kappa shape index (κ1) is 10.9. The van der Waals surface area contributed by atoms with Gasteiger partial charge in [0.15, 0.2) is 0 Å². The maximum Gasteiger partial charge on any atom is 0.115 e. The Morgan fingerprint density at radius 2 is 1.50 bits per heavy atom. The Morgan fingerprint density at radius 3 is 2.00 bits per heavy atom. The van der Waals surface area contributed by atoms with Gasteiger partial charge in [-0.2, -0.15) is 0 Å². The largest absolute Gasteiger partial charge is 0.323 e. The summed E-state index contributed by atoms with van der Waals surface area (Å²) < 4.78 is 0. The highest BCUT2D eigenvalue weighted by Gasteiger charge is 2.53. The highest BCUT2D eigenvalue weighted by molar-refractivity contribution is 5.17. The average Bonchev–Trinajstić information content (AvgIpc) is 2.37. The summed E-state index contributed by atoms with van der Waals surface area (Å²) in [4.78, 5) is 8.28. The molecule has 1 aromatic rings. The molecular formula is C15H21N3. The van der Waals surface area contributed by atoms with E-state index in [0.29, 0.717) is 5.41 Å². The van der Waals surface area contributed by atoms with Crippen molar-refractivity contribution >= 4 is 0 Å². The van der Waals surface area contributed by atoms with Gasteiger partial charge in [0.2, 0.25) is 0 Å². The molecule has 0 aliphatic heterocycles. The molecule has 4 aliphatic carbocycles. The molecule has 96 valence electrons. The number of hydrogen-bond donors (Lipinski definition) is 1. The van der Waals surface area contributed by atoms with Crippen LogP contribution in [0.5, 0.6) is 0 Å². The number of hydrogen-bond acceptors (Lipinski definition) is 3. The van der Waals surface area contributed by atoms with Gasteiger partial charge in [-0.3, -0.25) is 0 Å². The van der Waals surface area contributed by atoms with Crippen LogP contribution in [-0.2, 0) is 0 Å². The molecule has 0 amide bonds. The first-order chi connectivity index (χ1) is 8.75. The summed E-state index contributed by atoms with van der Waals surface area (Å²) in [5.74, 6) is 2.85. The van der Waals surface area contributed by atoms with E-state index in [1.54, 1.807) is 6.33 Å². The monoisotopic (exact) mass is 243 g/mol. The van der Waals surface area contributed by atoms with Crippen LogP contribution in [0.4, 0.5) is 0 Å². The molecule has 1 heterocycles. The normalized spacial score (nSPS) is 43.1. The van der Waals surface area contributed by atoms with Gasteiger partial charge < -0.3 is 5.73 Å². The Labute approximate surface area is 108 Å². The van der Waals surface area contributed by atoms with Gasteiger partial charge in [-0.1, -0.05) is 0 Å². The summed E-state index contributed by atoms with van der Waals surface area (Å²) in [5.41, 5.74) is 8.11. The zero-order valence-electron chi connectivity index (χ0n) is 10.8. The number of nitrogens with two attached hydrogens (primary N) is 1. The predicted molar refractivity (Wildman–Crippen MR) is 69.6 cm³/mol. The third kappa shape index (κ3) is 1.53. The third-order valence-corrected chi connectivity index (χ3v) is 5.69. The fourth-order valence-electron chi connectivity index (χ4n) is 5.38. The van der Waals surface area contributed by atoms with Gasteiger partial charge in [0, 0.05) is 24.0 Å². The summed E-state index contributed by atoms with van der Waals surface area (Å²) in [5, 5.41) is 0. The minimum Gasteiger partial charge on any atom is -0.323 e. The van der Waals surface area contributed by atoms with E-state index in [0.717, 1.165) is 23.3 Å². The van der Waals surface area contributed by atoms with Crippen molar-refractivity contribution in [3.05, 3.63) is 24.3 Å². The predicted octanol–water partition coefficient (Wildman–Crippen LogP) is 2.69. The lowest BCUT2D eigenvalue weighted by molar-refractivity contribution is -0.0678. The van der Waals surface area contributed by atoms with Gasteiger partial charge in [-0.05, 0) is 61.7 Å². The number of nitrogens with zero attached hydrogens (tertiary/aromatic N) is 2. The van der Waals surface area contributed by atoms with E-state index in [1.807, 2.05) is 12.4 Å². The van der Waals surface area contributed by atoms with Gasteiger partial charge in [-0.25, -0.2) is 9.97 Å². The summed E-state index contributed by atoms with van der Waals surface area (Å²) >= 11 is 0. The van der Waals surface area contributed by atoms with Crippen molar-refractivity contribution in [2.24, 2.45) is 28.9 Å². The van der Waals surface area contributed by atoms with E-state index in [1.165, 1.54) is 38.5 Å². The van der Waals surface area contributed by atoms with E-state index in [9.17, 15) is 0 Å². The Kier molecular flexibility index (Phi) is 2.28. The van der Waals surface area contributed by atoms with Crippen LogP contribution >= 0.6 is 0 Å². The zero-order valence-corrected chi connectivity index (χ0v) is 10.8. The second-order valence-electron chi connectivity index (χ2n) is 6.93. The van der Waals surface area contributed by atoms with Crippen LogP contribution in [-0.4, -0.2) is 9.97 Å². The molecule has 1 aromatic heterocycles. The molecule has 0 spiro atoms. The molecule has 1 unspecified atom stereocenters. The molecule has 4 fully saturated rings. The van der Waals surface area contributed by atoms with Crippen LogP contribution < -0.4 is 5.73 Å². The highest BCUT2D eigenvalue weighted by atomic mass is 14.8. The van der Waals surface area contributed by atoms with E-state index in [4.69, 9.17) is 5.73 Å². The van der Waals surface area contributed by atoms with Crippen LogP contribution in [0.3, 0.4) is 0 Å². The van der Waals surface area contributed by atoms with Crippen LogP contribution in [0.25, 0.3) is 0 Å². The van der Waals surface area contributed by atoms with Crippen molar-refractivity contribution in [3.8, 4) is 0 Å².